The molecule has 0 spiro atoms. The van der Waals surface area contributed by atoms with E-state index in [0.29, 0.717) is 36.9 Å². The zero-order chi connectivity index (χ0) is 21.6. The van der Waals surface area contributed by atoms with Crippen molar-refractivity contribution in [3.63, 3.8) is 0 Å². The van der Waals surface area contributed by atoms with Gasteiger partial charge in [-0.05, 0) is 67.1 Å². The highest BCUT2D eigenvalue weighted by Crippen LogP contribution is 2.18. The molecule has 0 aliphatic rings. The van der Waals surface area contributed by atoms with Gasteiger partial charge < -0.3 is 18.6 Å². The first-order valence-corrected chi connectivity index (χ1v) is 11.3. The molecule has 1 heterocycles. The summed E-state index contributed by atoms with van der Waals surface area (Å²) >= 11 is 9.34. The fourth-order valence-corrected chi connectivity index (χ4v) is 3.87. The number of halogens is 2. The lowest BCUT2D eigenvalue weighted by Crippen LogP contribution is -2.27. The van der Waals surface area contributed by atoms with Crippen molar-refractivity contribution >= 4 is 38.6 Å². The number of nitrogens with zero attached hydrogens (tertiary/aromatic N) is 2. The maximum atomic E-state index is 8.72. The third kappa shape index (κ3) is 5.32. The van der Waals surface area contributed by atoms with Crippen LogP contribution in [-0.2, 0) is 13.1 Å². The molecule has 0 aliphatic heterocycles. The van der Waals surface area contributed by atoms with Crippen LogP contribution in [-0.4, -0.2) is 22.3 Å². The lowest BCUT2D eigenvalue weighted by Gasteiger charge is -2.08. The molecule has 3 aromatic carbocycles. The van der Waals surface area contributed by atoms with Crippen molar-refractivity contribution in [1.29, 1.82) is 5.41 Å². The van der Waals surface area contributed by atoms with Crippen LogP contribution in [0.2, 0.25) is 5.02 Å². The summed E-state index contributed by atoms with van der Waals surface area (Å²) in [5.41, 5.74) is 2.54. The molecule has 7 heteroatoms. The molecule has 0 saturated carbocycles. The Bertz CT molecular complexity index is 1200. The van der Waals surface area contributed by atoms with Gasteiger partial charge in [0.05, 0.1) is 24.2 Å². The van der Waals surface area contributed by atoms with Gasteiger partial charge >= 0.3 is 0 Å². The van der Waals surface area contributed by atoms with Crippen LogP contribution in [0.15, 0.2) is 77.3 Å². The summed E-state index contributed by atoms with van der Waals surface area (Å²) in [6.45, 7) is 2.36. The molecule has 31 heavy (non-hydrogen) atoms. The minimum absolute atomic E-state index is 0.465. The zero-order valence-electron chi connectivity index (χ0n) is 16.9. The van der Waals surface area contributed by atoms with Gasteiger partial charge in [-0.2, -0.15) is 0 Å². The molecule has 0 radical (unpaired) electrons. The second-order valence-electron chi connectivity index (χ2n) is 7.07. The SMILES string of the molecule is N=c1n(CCCOc2ccc(Cl)cc2)c2ccccc2n1CCOc1ccc(Br)cc1. The van der Waals surface area contributed by atoms with Gasteiger partial charge in [-0.1, -0.05) is 39.7 Å². The molecule has 5 nitrogen and oxygen atoms in total. The second kappa shape index (κ2) is 10.1. The van der Waals surface area contributed by atoms with Gasteiger partial charge in [0.15, 0.2) is 0 Å². The third-order valence-electron chi connectivity index (χ3n) is 4.98. The number of nitrogens with one attached hydrogen (secondary N) is 1. The fraction of sp³-hybridized carbons (Fsp3) is 0.208. The van der Waals surface area contributed by atoms with Crippen LogP contribution < -0.4 is 15.1 Å². The Morgan fingerprint density at radius 2 is 1.29 bits per heavy atom. The number of hydrogen-bond acceptors (Lipinski definition) is 3. The Morgan fingerprint density at radius 3 is 1.94 bits per heavy atom. The summed E-state index contributed by atoms with van der Waals surface area (Å²) in [5.74, 6) is 1.62. The van der Waals surface area contributed by atoms with Crippen molar-refractivity contribution in [1.82, 2.24) is 9.13 Å². The zero-order valence-corrected chi connectivity index (χ0v) is 19.3. The third-order valence-corrected chi connectivity index (χ3v) is 5.76. The summed E-state index contributed by atoms with van der Waals surface area (Å²) in [7, 11) is 0. The number of aromatic nitrogens is 2. The second-order valence-corrected chi connectivity index (χ2v) is 8.43. The van der Waals surface area contributed by atoms with E-state index in [-0.39, 0.29) is 0 Å². The Morgan fingerprint density at radius 1 is 0.742 bits per heavy atom. The van der Waals surface area contributed by atoms with Crippen LogP contribution in [0.3, 0.4) is 0 Å². The van der Waals surface area contributed by atoms with Crippen LogP contribution in [0.1, 0.15) is 6.42 Å². The highest BCUT2D eigenvalue weighted by atomic mass is 79.9. The first kappa shape index (κ1) is 21.5. The van der Waals surface area contributed by atoms with E-state index in [4.69, 9.17) is 26.5 Å². The van der Waals surface area contributed by atoms with Gasteiger partial charge in [0.2, 0.25) is 5.62 Å². The van der Waals surface area contributed by atoms with E-state index in [1.807, 2.05) is 75.9 Å². The number of rotatable bonds is 9. The largest absolute Gasteiger partial charge is 0.494 e. The molecule has 0 aliphatic carbocycles. The van der Waals surface area contributed by atoms with Crippen molar-refractivity contribution in [2.75, 3.05) is 13.2 Å². The Labute approximate surface area is 194 Å². The number of aryl methyl sites for hydroxylation is 1. The van der Waals surface area contributed by atoms with Crippen molar-refractivity contribution in [3.05, 3.63) is 87.9 Å². The fourth-order valence-electron chi connectivity index (χ4n) is 3.48. The van der Waals surface area contributed by atoms with E-state index in [0.717, 1.165) is 33.4 Å². The van der Waals surface area contributed by atoms with Gasteiger partial charge in [-0.3, -0.25) is 5.41 Å². The number of imidazole rings is 1. The van der Waals surface area contributed by atoms with E-state index in [9.17, 15) is 0 Å². The van der Waals surface area contributed by atoms with Crippen molar-refractivity contribution in [2.24, 2.45) is 0 Å². The van der Waals surface area contributed by atoms with Crippen molar-refractivity contribution in [3.8, 4) is 11.5 Å². The predicted molar refractivity (Wildman–Crippen MR) is 127 cm³/mol. The highest BCUT2D eigenvalue weighted by molar-refractivity contribution is 9.10. The molecule has 0 bridgehead atoms. The molecule has 0 fully saturated rings. The van der Waals surface area contributed by atoms with E-state index in [1.165, 1.54) is 0 Å². The minimum Gasteiger partial charge on any atom is -0.494 e. The molecule has 160 valence electrons. The number of para-hydroxylation sites is 2. The molecule has 1 aromatic heterocycles. The molecule has 0 saturated heterocycles. The molecule has 1 N–H and O–H groups in total. The quantitative estimate of drug-likeness (QED) is 0.292. The van der Waals surface area contributed by atoms with Crippen LogP contribution in [0.5, 0.6) is 11.5 Å². The molecule has 4 aromatic rings. The van der Waals surface area contributed by atoms with Crippen molar-refractivity contribution < 1.29 is 9.47 Å². The van der Waals surface area contributed by atoms with Crippen LogP contribution in [0.4, 0.5) is 0 Å². The standard InChI is InChI=1S/C24H23BrClN3O2/c25-18-6-10-20(11-7-18)31-17-15-29-23-5-2-1-4-22(23)28(24(29)27)14-3-16-30-21-12-8-19(26)9-13-21/h1-2,4-13,27H,3,14-17H2. The first-order chi connectivity index (χ1) is 15.1. The molecule has 0 atom stereocenters. The van der Waals surface area contributed by atoms with Gasteiger partial charge in [-0.25, -0.2) is 0 Å². The average molecular weight is 501 g/mol. The number of hydrogen-bond donors (Lipinski definition) is 1. The molecule has 0 amide bonds. The monoisotopic (exact) mass is 499 g/mol. The maximum absolute atomic E-state index is 8.72. The normalized spacial score (nSPS) is 11.0. The molecule has 4 rings (SSSR count). The summed E-state index contributed by atoms with van der Waals surface area (Å²) < 4.78 is 16.7. The number of ether oxygens (including phenoxy) is 2. The predicted octanol–water partition coefficient (Wildman–Crippen LogP) is 5.89. The Balaban J connectivity index is 1.41. The van der Waals surface area contributed by atoms with Crippen molar-refractivity contribution in [2.45, 2.75) is 19.5 Å². The first-order valence-electron chi connectivity index (χ1n) is 10.1. The van der Waals surface area contributed by atoms with Crippen LogP contribution in [0, 0.1) is 5.41 Å². The summed E-state index contributed by atoms with van der Waals surface area (Å²) in [6.07, 6.45) is 0.794. The van der Waals surface area contributed by atoms with Gasteiger partial charge in [0.1, 0.15) is 18.1 Å². The summed E-state index contributed by atoms with van der Waals surface area (Å²) in [5, 5.41) is 9.41. The highest BCUT2D eigenvalue weighted by Gasteiger charge is 2.10. The maximum Gasteiger partial charge on any atom is 0.203 e. The number of fused-ring (bicyclic) bond motifs is 1. The van der Waals surface area contributed by atoms with E-state index in [2.05, 4.69) is 22.0 Å². The average Bonchev–Trinajstić information content (AvgIpc) is 3.05. The van der Waals surface area contributed by atoms with E-state index < -0.39 is 0 Å². The minimum atomic E-state index is 0.465. The Hall–Kier alpha value is -2.70. The summed E-state index contributed by atoms with van der Waals surface area (Å²) in [4.78, 5) is 0. The van der Waals surface area contributed by atoms with Gasteiger partial charge in [0, 0.05) is 16.0 Å². The summed E-state index contributed by atoms with van der Waals surface area (Å²) in [6, 6.07) is 23.2. The topological polar surface area (TPSA) is 52.2 Å². The molecular formula is C24H23BrClN3O2. The lowest BCUT2D eigenvalue weighted by molar-refractivity contribution is 0.292. The smallest absolute Gasteiger partial charge is 0.203 e. The molecular weight excluding hydrogens is 478 g/mol. The lowest BCUT2D eigenvalue weighted by atomic mass is 10.3. The molecule has 0 unspecified atom stereocenters. The van der Waals surface area contributed by atoms with Crippen LogP contribution in [0.25, 0.3) is 11.0 Å². The van der Waals surface area contributed by atoms with Crippen LogP contribution >= 0.6 is 27.5 Å². The van der Waals surface area contributed by atoms with E-state index in [1.54, 1.807) is 0 Å². The van der Waals surface area contributed by atoms with Gasteiger partial charge in [-0.15, -0.1) is 0 Å². The number of benzene rings is 3. The Kier molecular flexibility index (Phi) is 6.99. The van der Waals surface area contributed by atoms with E-state index >= 15 is 0 Å². The van der Waals surface area contributed by atoms with Gasteiger partial charge in [0.25, 0.3) is 0 Å².